The molecule has 0 bridgehead atoms. The molecule has 0 radical (unpaired) electrons. The first-order chi connectivity index (χ1) is 11.5. The molecule has 2 aromatic rings. The second-order valence-electron chi connectivity index (χ2n) is 4.73. The maximum atomic E-state index is 12.5. The van der Waals surface area contributed by atoms with Crippen molar-refractivity contribution in [3.05, 3.63) is 68.9 Å². The van der Waals surface area contributed by atoms with E-state index in [0.29, 0.717) is 11.1 Å². The molecule has 0 unspecified atom stereocenters. The van der Waals surface area contributed by atoms with Crippen molar-refractivity contribution in [1.29, 1.82) is 0 Å². The van der Waals surface area contributed by atoms with E-state index in [2.05, 4.69) is 32.3 Å². The Kier molecular flexibility index (Phi) is 4.89. The Hall–Kier alpha value is -2.29. The van der Waals surface area contributed by atoms with Crippen molar-refractivity contribution in [2.45, 2.75) is 6.61 Å². The van der Waals surface area contributed by atoms with Crippen LogP contribution in [0.4, 0.5) is 8.78 Å². The van der Waals surface area contributed by atoms with Gasteiger partial charge in [0.1, 0.15) is 5.75 Å². The van der Waals surface area contributed by atoms with Gasteiger partial charge < -0.3 is 9.47 Å². The molecule has 0 amide bonds. The van der Waals surface area contributed by atoms with Gasteiger partial charge in [-0.15, -0.1) is 0 Å². The topological polar surface area (TPSA) is 47.9 Å². The summed E-state index contributed by atoms with van der Waals surface area (Å²) in [4.78, 5) is 16.2. The summed E-state index contributed by atoms with van der Waals surface area (Å²) in [5.74, 6) is -0.495. The number of hydrogen-bond donors (Lipinski definition) is 0. The fourth-order valence-electron chi connectivity index (χ4n) is 2.11. The van der Waals surface area contributed by atoms with Gasteiger partial charge in [0.15, 0.2) is 5.70 Å². The SMILES string of the molecule is O=C1OC(c2ccccc2I)=N/C1=C\c1ccccc1OC(F)F. The molecule has 2 aromatic carbocycles. The van der Waals surface area contributed by atoms with Gasteiger partial charge in [0.2, 0.25) is 5.90 Å². The van der Waals surface area contributed by atoms with Gasteiger partial charge in [-0.25, -0.2) is 9.79 Å². The number of carbonyl (C=O) groups is 1. The van der Waals surface area contributed by atoms with Gasteiger partial charge >= 0.3 is 12.6 Å². The van der Waals surface area contributed by atoms with Gasteiger partial charge in [-0.05, 0) is 46.9 Å². The molecular formula is C17H10F2INO3. The van der Waals surface area contributed by atoms with Gasteiger partial charge in [-0.3, -0.25) is 0 Å². The van der Waals surface area contributed by atoms with Gasteiger partial charge in [0.25, 0.3) is 0 Å². The van der Waals surface area contributed by atoms with Gasteiger partial charge in [-0.2, -0.15) is 8.78 Å². The average molecular weight is 441 g/mol. The number of aliphatic imine (C=N–C) groups is 1. The van der Waals surface area contributed by atoms with E-state index in [0.717, 1.165) is 3.57 Å². The first kappa shape index (κ1) is 16.6. The van der Waals surface area contributed by atoms with Gasteiger partial charge in [0, 0.05) is 9.13 Å². The molecule has 0 saturated carbocycles. The Morgan fingerprint density at radius 2 is 1.83 bits per heavy atom. The largest absolute Gasteiger partial charge is 0.434 e. The predicted octanol–water partition coefficient (Wildman–Crippen LogP) is 4.24. The zero-order valence-corrected chi connectivity index (χ0v) is 14.2. The first-order valence-corrected chi connectivity index (χ1v) is 7.94. The summed E-state index contributed by atoms with van der Waals surface area (Å²) < 4.78 is 35.4. The van der Waals surface area contributed by atoms with E-state index in [1.165, 1.54) is 12.1 Å². The molecule has 0 aromatic heterocycles. The highest BCUT2D eigenvalue weighted by atomic mass is 127. The Balaban J connectivity index is 1.97. The lowest BCUT2D eigenvalue weighted by Crippen LogP contribution is -2.07. The van der Waals surface area contributed by atoms with Crippen LogP contribution in [0.5, 0.6) is 5.75 Å². The van der Waals surface area contributed by atoms with Crippen molar-refractivity contribution >= 4 is 40.5 Å². The maximum absolute atomic E-state index is 12.5. The number of benzene rings is 2. The number of alkyl halides is 2. The first-order valence-electron chi connectivity index (χ1n) is 6.86. The molecule has 0 atom stereocenters. The summed E-state index contributed by atoms with van der Waals surface area (Å²) in [5, 5.41) is 0. The summed E-state index contributed by atoms with van der Waals surface area (Å²) in [5.41, 5.74) is 1.03. The van der Waals surface area contributed by atoms with Crippen LogP contribution in [0.1, 0.15) is 11.1 Å². The van der Waals surface area contributed by atoms with Crippen LogP contribution in [0.15, 0.2) is 59.2 Å². The number of esters is 1. The third kappa shape index (κ3) is 3.61. The smallest absolute Gasteiger partial charge is 0.387 e. The van der Waals surface area contributed by atoms with Gasteiger partial charge in [-0.1, -0.05) is 30.3 Å². The second-order valence-corrected chi connectivity index (χ2v) is 5.89. The summed E-state index contributed by atoms with van der Waals surface area (Å²) in [6, 6.07) is 13.5. The van der Waals surface area contributed by atoms with E-state index < -0.39 is 12.6 Å². The number of hydrogen-bond acceptors (Lipinski definition) is 4. The zero-order valence-electron chi connectivity index (χ0n) is 12.1. The van der Waals surface area contributed by atoms with Crippen LogP contribution in [0.3, 0.4) is 0 Å². The highest BCUT2D eigenvalue weighted by Crippen LogP contribution is 2.26. The molecule has 1 heterocycles. The third-order valence-corrected chi connectivity index (χ3v) is 4.09. The van der Waals surface area contributed by atoms with Gasteiger partial charge in [0.05, 0.1) is 5.56 Å². The number of cyclic esters (lactones) is 1. The highest BCUT2D eigenvalue weighted by molar-refractivity contribution is 14.1. The molecule has 1 aliphatic heterocycles. The summed E-state index contributed by atoms with van der Waals surface area (Å²) in [7, 11) is 0. The van der Waals surface area contributed by atoms with Crippen LogP contribution in [0.25, 0.3) is 6.08 Å². The van der Waals surface area contributed by atoms with Crippen molar-refractivity contribution in [2.75, 3.05) is 0 Å². The van der Waals surface area contributed by atoms with Crippen LogP contribution in [0, 0.1) is 3.57 Å². The van der Waals surface area contributed by atoms with E-state index in [-0.39, 0.29) is 17.3 Å². The molecule has 7 heteroatoms. The molecule has 1 aliphatic rings. The van der Waals surface area contributed by atoms with Crippen LogP contribution < -0.4 is 4.74 Å². The monoisotopic (exact) mass is 441 g/mol. The van der Waals surface area contributed by atoms with Crippen LogP contribution in [0.2, 0.25) is 0 Å². The number of halogens is 3. The molecule has 0 N–H and O–H groups in total. The Bertz CT molecular complexity index is 849. The molecule has 0 aliphatic carbocycles. The van der Waals surface area contributed by atoms with Crippen LogP contribution in [-0.2, 0) is 9.53 Å². The number of ether oxygens (including phenoxy) is 2. The lowest BCUT2D eigenvalue weighted by atomic mass is 10.1. The molecule has 4 nitrogen and oxygen atoms in total. The van der Waals surface area contributed by atoms with E-state index in [4.69, 9.17) is 4.74 Å². The molecular weight excluding hydrogens is 431 g/mol. The molecule has 3 rings (SSSR count). The molecule has 24 heavy (non-hydrogen) atoms. The van der Waals surface area contributed by atoms with Crippen molar-refractivity contribution in [1.82, 2.24) is 0 Å². The summed E-state index contributed by atoms with van der Waals surface area (Å²) in [6.45, 7) is -2.95. The van der Waals surface area contributed by atoms with Crippen molar-refractivity contribution in [3.8, 4) is 5.75 Å². The Morgan fingerprint density at radius 3 is 2.58 bits per heavy atom. The Morgan fingerprint density at radius 1 is 1.12 bits per heavy atom. The zero-order chi connectivity index (χ0) is 17.1. The quantitative estimate of drug-likeness (QED) is 0.406. The fourth-order valence-corrected chi connectivity index (χ4v) is 2.73. The number of para-hydroxylation sites is 1. The van der Waals surface area contributed by atoms with E-state index in [9.17, 15) is 13.6 Å². The number of nitrogens with zero attached hydrogens (tertiary/aromatic N) is 1. The highest BCUT2D eigenvalue weighted by Gasteiger charge is 2.25. The van der Waals surface area contributed by atoms with Crippen LogP contribution in [-0.4, -0.2) is 18.5 Å². The minimum atomic E-state index is -2.95. The number of carbonyl (C=O) groups excluding carboxylic acids is 1. The second kappa shape index (κ2) is 7.08. The van der Waals surface area contributed by atoms with Crippen molar-refractivity contribution in [2.24, 2.45) is 4.99 Å². The lowest BCUT2D eigenvalue weighted by molar-refractivity contribution is -0.129. The lowest BCUT2D eigenvalue weighted by Gasteiger charge is -2.07. The molecule has 0 fully saturated rings. The summed E-state index contributed by atoms with van der Waals surface area (Å²) in [6.07, 6.45) is 1.36. The minimum Gasteiger partial charge on any atom is -0.434 e. The Labute approximate surface area is 149 Å². The normalized spacial score (nSPS) is 15.6. The van der Waals surface area contributed by atoms with Crippen molar-refractivity contribution < 1.29 is 23.0 Å². The van der Waals surface area contributed by atoms with E-state index >= 15 is 0 Å². The maximum Gasteiger partial charge on any atom is 0.387 e. The van der Waals surface area contributed by atoms with E-state index in [1.807, 2.05) is 12.1 Å². The van der Waals surface area contributed by atoms with E-state index in [1.54, 1.807) is 30.3 Å². The average Bonchev–Trinajstić information content (AvgIpc) is 2.90. The molecule has 0 spiro atoms. The standard InChI is InChI=1S/C17H10F2INO3/c18-17(19)23-14-8-4-1-5-10(14)9-13-16(22)24-15(21-13)11-6-2-3-7-12(11)20/h1-9,17H/b13-9-. The third-order valence-electron chi connectivity index (χ3n) is 3.15. The molecule has 0 saturated heterocycles. The van der Waals surface area contributed by atoms with Crippen LogP contribution >= 0.6 is 22.6 Å². The molecule has 122 valence electrons. The fraction of sp³-hybridized carbons (Fsp3) is 0.0588. The summed E-state index contributed by atoms with van der Waals surface area (Å²) >= 11 is 2.11. The minimum absolute atomic E-state index is 0.0231. The van der Waals surface area contributed by atoms with Crippen molar-refractivity contribution in [3.63, 3.8) is 0 Å². The number of rotatable bonds is 4. The predicted molar refractivity (Wildman–Crippen MR) is 92.8 cm³/mol.